The second kappa shape index (κ2) is 8.31. The third kappa shape index (κ3) is 4.37. The summed E-state index contributed by atoms with van der Waals surface area (Å²) in [6, 6.07) is 18.4. The highest BCUT2D eigenvalue weighted by Crippen LogP contribution is 2.22. The second-order valence-corrected chi connectivity index (χ2v) is 7.48. The lowest BCUT2D eigenvalue weighted by Gasteiger charge is -2.22. The van der Waals surface area contributed by atoms with E-state index in [9.17, 15) is 9.59 Å². The van der Waals surface area contributed by atoms with Gasteiger partial charge in [-0.3, -0.25) is 14.7 Å². The normalized spacial score (nSPS) is 16.9. The Labute approximate surface area is 169 Å². The van der Waals surface area contributed by atoms with Gasteiger partial charge in [0.15, 0.2) is 0 Å². The van der Waals surface area contributed by atoms with E-state index < -0.39 is 0 Å². The monoisotopic (exact) mass is 388 g/mol. The Morgan fingerprint density at radius 2 is 1.97 bits per heavy atom. The minimum absolute atomic E-state index is 0.00679. The molecule has 1 aliphatic rings. The van der Waals surface area contributed by atoms with E-state index in [-0.39, 0.29) is 17.7 Å². The molecule has 1 saturated heterocycles. The number of hydrogen-bond donors (Lipinski definition) is 2. The molecular formula is C23H24N4O2. The Hall–Kier alpha value is -3.41. The summed E-state index contributed by atoms with van der Waals surface area (Å²) in [5.74, 6) is -0.416. The number of nitrogens with one attached hydrogen (secondary N) is 2. The number of aryl methyl sites for hydroxylation is 1. The predicted octanol–water partition coefficient (Wildman–Crippen LogP) is 2.82. The van der Waals surface area contributed by atoms with E-state index in [0.29, 0.717) is 31.7 Å². The summed E-state index contributed by atoms with van der Waals surface area (Å²) < 4.78 is 0. The van der Waals surface area contributed by atoms with E-state index in [1.54, 1.807) is 17.2 Å². The predicted molar refractivity (Wildman–Crippen MR) is 111 cm³/mol. The molecule has 0 spiro atoms. The zero-order valence-corrected chi connectivity index (χ0v) is 16.4. The van der Waals surface area contributed by atoms with Crippen molar-refractivity contribution < 1.29 is 9.59 Å². The molecule has 2 heterocycles. The van der Waals surface area contributed by atoms with Crippen molar-refractivity contribution in [3.63, 3.8) is 0 Å². The Kier molecular flexibility index (Phi) is 5.42. The van der Waals surface area contributed by atoms with Crippen LogP contribution in [0.25, 0.3) is 11.1 Å². The minimum Gasteiger partial charge on any atom is -0.354 e. The summed E-state index contributed by atoms with van der Waals surface area (Å²) in [5.41, 5.74) is 5.08. The number of nitrogens with zero attached hydrogens (tertiary/aromatic N) is 2. The fraction of sp³-hybridized carbons (Fsp3) is 0.261. The summed E-state index contributed by atoms with van der Waals surface area (Å²) in [4.78, 5) is 26.9. The molecule has 1 aliphatic heterocycles. The van der Waals surface area contributed by atoms with Crippen LogP contribution in [0.5, 0.6) is 0 Å². The molecule has 1 fully saturated rings. The van der Waals surface area contributed by atoms with Crippen LogP contribution in [-0.4, -0.2) is 46.5 Å². The van der Waals surface area contributed by atoms with E-state index in [0.717, 1.165) is 11.1 Å². The fourth-order valence-corrected chi connectivity index (χ4v) is 3.73. The molecule has 0 bridgehead atoms. The average molecular weight is 388 g/mol. The molecule has 148 valence electrons. The topological polar surface area (TPSA) is 78.1 Å². The van der Waals surface area contributed by atoms with Crippen LogP contribution < -0.4 is 5.32 Å². The molecule has 6 heteroatoms. The first kappa shape index (κ1) is 18.9. The summed E-state index contributed by atoms with van der Waals surface area (Å²) in [5, 5.41) is 9.49. The van der Waals surface area contributed by atoms with Gasteiger partial charge in [-0.05, 0) is 36.1 Å². The standard InChI is InChI=1S/C23H24N4O2/c1-16-3-2-4-19(13-16)18-7-5-17(6-8-18)14-20-15-27(12-11-24-22(20)28)23(29)21-9-10-25-26-21/h2-10,13,20H,11-12,14-15H2,1H3,(H,24,28)(H,25,26)/t20-/m0/s1. The van der Waals surface area contributed by atoms with Gasteiger partial charge in [-0.25, -0.2) is 0 Å². The summed E-state index contributed by atoms with van der Waals surface area (Å²) >= 11 is 0. The quantitative estimate of drug-likeness (QED) is 0.721. The lowest BCUT2D eigenvalue weighted by atomic mass is 9.95. The first-order valence-electron chi connectivity index (χ1n) is 9.82. The van der Waals surface area contributed by atoms with Gasteiger partial charge < -0.3 is 10.2 Å². The molecule has 0 saturated carbocycles. The van der Waals surface area contributed by atoms with E-state index >= 15 is 0 Å². The summed E-state index contributed by atoms with van der Waals surface area (Å²) in [6.07, 6.45) is 2.15. The smallest absolute Gasteiger partial charge is 0.271 e. The minimum atomic E-state index is -0.283. The van der Waals surface area contributed by atoms with Crippen molar-refractivity contribution in [3.8, 4) is 11.1 Å². The average Bonchev–Trinajstić information content (AvgIpc) is 3.21. The van der Waals surface area contributed by atoms with Gasteiger partial charge in [0.1, 0.15) is 5.69 Å². The maximum atomic E-state index is 12.7. The molecule has 29 heavy (non-hydrogen) atoms. The lowest BCUT2D eigenvalue weighted by Crippen LogP contribution is -2.37. The van der Waals surface area contributed by atoms with Crippen LogP contribution in [0, 0.1) is 12.8 Å². The zero-order valence-electron chi connectivity index (χ0n) is 16.4. The van der Waals surface area contributed by atoms with E-state index in [1.807, 2.05) is 0 Å². The SMILES string of the molecule is Cc1cccc(-c2ccc(C[C@H]3CN(C(=O)c4ccn[nH]4)CCNC3=O)cc2)c1. The van der Waals surface area contributed by atoms with Gasteiger partial charge in [-0.2, -0.15) is 5.10 Å². The molecule has 2 N–H and O–H groups in total. The Bertz CT molecular complexity index is 996. The molecule has 1 atom stereocenters. The highest BCUT2D eigenvalue weighted by molar-refractivity contribution is 5.93. The van der Waals surface area contributed by atoms with Gasteiger partial charge in [0, 0.05) is 25.8 Å². The van der Waals surface area contributed by atoms with Crippen LogP contribution in [0.15, 0.2) is 60.8 Å². The van der Waals surface area contributed by atoms with Gasteiger partial charge in [-0.1, -0.05) is 54.1 Å². The maximum absolute atomic E-state index is 12.7. The molecule has 6 nitrogen and oxygen atoms in total. The Balaban J connectivity index is 1.48. The molecule has 0 radical (unpaired) electrons. The Morgan fingerprint density at radius 3 is 2.69 bits per heavy atom. The van der Waals surface area contributed by atoms with E-state index in [4.69, 9.17) is 0 Å². The molecule has 2 amide bonds. The molecular weight excluding hydrogens is 364 g/mol. The third-order valence-corrected chi connectivity index (χ3v) is 5.30. The molecule has 3 aromatic rings. The van der Waals surface area contributed by atoms with Crippen LogP contribution in [0.4, 0.5) is 0 Å². The van der Waals surface area contributed by atoms with Crippen LogP contribution in [0.1, 0.15) is 21.6 Å². The lowest BCUT2D eigenvalue weighted by molar-refractivity contribution is -0.124. The number of benzene rings is 2. The Morgan fingerprint density at radius 1 is 1.14 bits per heavy atom. The highest BCUT2D eigenvalue weighted by atomic mass is 16.2. The molecule has 0 unspecified atom stereocenters. The van der Waals surface area contributed by atoms with Crippen molar-refractivity contribution in [2.45, 2.75) is 13.3 Å². The number of H-pyrrole nitrogens is 1. The summed E-state index contributed by atoms with van der Waals surface area (Å²) in [6.45, 7) is 3.43. The number of aromatic amines is 1. The third-order valence-electron chi connectivity index (χ3n) is 5.30. The maximum Gasteiger partial charge on any atom is 0.271 e. The summed E-state index contributed by atoms with van der Waals surface area (Å²) in [7, 11) is 0. The van der Waals surface area contributed by atoms with Crippen molar-refractivity contribution in [1.29, 1.82) is 0 Å². The fourth-order valence-electron chi connectivity index (χ4n) is 3.73. The van der Waals surface area contributed by atoms with Crippen LogP contribution >= 0.6 is 0 Å². The van der Waals surface area contributed by atoms with E-state index in [2.05, 4.69) is 71.0 Å². The largest absolute Gasteiger partial charge is 0.354 e. The van der Waals surface area contributed by atoms with Crippen LogP contribution in [0.3, 0.4) is 0 Å². The number of amides is 2. The van der Waals surface area contributed by atoms with E-state index in [1.165, 1.54) is 11.1 Å². The van der Waals surface area contributed by atoms with Crippen molar-refractivity contribution in [3.05, 3.63) is 77.6 Å². The van der Waals surface area contributed by atoms with Gasteiger partial charge in [0.2, 0.25) is 5.91 Å². The number of aromatic nitrogens is 2. The van der Waals surface area contributed by atoms with Gasteiger partial charge >= 0.3 is 0 Å². The number of carbonyl (C=O) groups is 2. The van der Waals surface area contributed by atoms with Gasteiger partial charge in [0.25, 0.3) is 5.91 Å². The molecule has 1 aromatic heterocycles. The van der Waals surface area contributed by atoms with Crippen molar-refractivity contribution in [2.24, 2.45) is 5.92 Å². The zero-order chi connectivity index (χ0) is 20.2. The second-order valence-electron chi connectivity index (χ2n) is 7.48. The number of rotatable bonds is 4. The van der Waals surface area contributed by atoms with Crippen LogP contribution in [-0.2, 0) is 11.2 Å². The molecule has 4 rings (SSSR count). The van der Waals surface area contributed by atoms with Gasteiger partial charge in [0.05, 0.1) is 5.92 Å². The van der Waals surface area contributed by atoms with Gasteiger partial charge in [-0.15, -0.1) is 0 Å². The molecule has 2 aromatic carbocycles. The van der Waals surface area contributed by atoms with Crippen LogP contribution in [0.2, 0.25) is 0 Å². The number of hydrogen-bond acceptors (Lipinski definition) is 3. The highest BCUT2D eigenvalue weighted by Gasteiger charge is 2.28. The van der Waals surface area contributed by atoms with Crippen molar-refractivity contribution in [1.82, 2.24) is 20.4 Å². The first-order chi connectivity index (χ1) is 14.1. The van der Waals surface area contributed by atoms with Crippen molar-refractivity contribution in [2.75, 3.05) is 19.6 Å². The van der Waals surface area contributed by atoms with Crippen molar-refractivity contribution >= 4 is 11.8 Å². The molecule has 0 aliphatic carbocycles. The number of carbonyl (C=O) groups excluding carboxylic acids is 2. The first-order valence-corrected chi connectivity index (χ1v) is 9.82.